The van der Waals surface area contributed by atoms with Gasteiger partial charge in [0.2, 0.25) is 0 Å². The maximum atomic E-state index is 13.6. The van der Waals surface area contributed by atoms with E-state index in [-0.39, 0.29) is 16.9 Å². The molecule has 174 valence electrons. The zero-order valence-corrected chi connectivity index (χ0v) is 18.5. The number of rotatable bonds is 5. The fraction of sp³-hybridized carbons (Fsp3) is 0.200. The minimum Gasteiger partial charge on any atom is -0.342 e. The number of hydrogen-bond donors (Lipinski definition) is 2. The lowest BCUT2D eigenvalue weighted by Crippen LogP contribution is -2.28. The smallest absolute Gasteiger partial charge is 0.342 e. The third-order valence-electron chi connectivity index (χ3n) is 5.10. The molecule has 0 saturated heterocycles. The fourth-order valence-corrected chi connectivity index (χ4v) is 4.36. The molecule has 0 aliphatic rings. The highest BCUT2D eigenvalue weighted by Crippen LogP contribution is 2.33. The number of pyridine rings is 1. The molecule has 5 aromatic heterocycles. The van der Waals surface area contributed by atoms with E-state index in [0.29, 0.717) is 22.4 Å². The number of aromatic amines is 1. The monoisotopic (exact) mass is 487 g/mol. The number of H-pyrrole nitrogens is 1. The average molecular weight is 487 g/mol. The largest absolute Gasteiger partial charge is 0.435 e. The second kappa shape index (κ2) is 8.06. The quantitative estimate of drug-likeness (QED) is 0.391. The summed E-state index contributed by atoms with van der Waals surface area (Å²) in [5.41, 5.74) is -0.203. The number of imidazole rings is 1. The van der Waals surface area contributed by atoms with Gasteiger partial charge in [-0.15, -0.1) is 16.4 Å². The van der Waals surface area contributed by atoms with E-state index in [9.17, 15) is 18.0 Å². The van der Waals surface area contributed by atoms with Gasteiger partial charge in [-0.25, -0.2) is 14.6 Å². The molecular weight excluding hydrogens is 471 g/mol. The molecule has 1 amide bonds. The third-order valence-corrected chi connectivity index (χ3v) is 6.12. The van der Waals surface area contributed by atoms with Gasteiger partial charge in [0.25, 0.3) is 5.91 Å². The molecule has 0 bridgehead atoms. The highest BCUT2D eigenvalue weighted by Gasteiger charge is 2.37. The van der Waals surface area contributed by atoms with E-state index in [2.05, 4.69) is 35.8 Å². The van der Waals surface area contributed by atoms with Gasteiger partial charge in [0.1, 0.15) is 17.8 Å². The van der Waals surface area contributed by atoms with Crippen LogP contribution in [0.25, 0.3) is 21.9 Å². The second-order valence-electron chi connectivity index (χ2n) is 7.46. The number of fused-ring (bicyclic) bond motifs is 1. The molecule has 2 N–H and O–H groups in total. The number of amides is 1. The maximum Gasteiger partial charge on any atom is 0.435 e. The number of aryl methyl sites for hydroxylation is 1. The molecule has 0 unspecified atom stereocenters. The lowest BCUT2D eigenvalue weighted by Gasteiger charge is -2.14. The minimum atomic E-state index is -4.71. The predicted molar refractivity (Wildman–Crippen MR) is 115 cm³/mol. The van der Waals surface area contributed by atoms with Crippen LogP contribution in [0.15, 0.2) is 43.1 Å². The molecule has 0 saturated carbocycles. The van der Waals surface area contributed by atoms with Crippen LogP contribution in [0.5, 0.6) is 0 Å². The molecule has 0 aliphatic carbocycles. The zero-order chi connectivity index (χ0) is 24.0. The number of carbonyl (C=O) groups is 1. The van der Waals surface area contributed by atoms with Gasteiger partial charge >= 0.3 is 6.18 Å². The van der Waals surface area contributed by atoms with Gasteiger partial charge in [-0.1, -0.05) is 5.21 Å². The van der Waals surface area contributed by atoms with Crippen molar-refractivity contribution in [1.82, 2.24) is 44.9 Å². The van der Waals surface area contributed by atoms with Crippen LogP contribution in [0.2, 0.25) is 0 Å². The van der Waals surface area contributed by atoms with Gasteiger partial charge in [-0.2, -0.15) is 18.3 Å². The Morgan fingerprint density at radius 1 is 1.24 bits per heavy atom. The molecule has 0 aliphatic heterocycles. The Bertz CT molecular complexity index is 1480. The number of nitrogens with zero attached hydrogens (tertiary/aromatic N) is 7. The first-order chi connectivity index (χ1) is 16.2. The number of aromatic nitrogens is 8. The fourth-order valence-electron chi connectivity index (χ4n) is 3.48. The number of halogens is 3. The first-order valence-corrected chi connectivity index (χ1v) is 10.8. The number of thiophene rings is 1. The summed E-state index contributed by atoms with van der Waals surface area (Å²) < 4.78 is 43.0. The summed E-state index contributed by atoms with van der Waals surface area (Å²) in [6, 6.07) is 4.60. The Balaban J connectivity index is 1.67. The van der Waals surface area contributed by atoms with Crippen LogP contribution in [0.1, 0.15) is 39.7 Å². The number of hydrogen-bond acceptors (Lipinski definition) is 7. The van der Waals surface area contributed by atoms with Gasteiger partial charge in [0, 0.05) is 11.1 Å². The van der Waals surface area contributed by atoms with Crippen LogP contribution < -0.4 is 5.32 Å². The van der Waals surface area contributed by atoms with E-state index in [1.807, 2.05) is 19.1 Å². The minimum absolute atomic E-state index is 0.0377. The highest BCUT2D eigenvalue weighted by atomic mass is 32.1. The van der Waals surface area contributed by atoms with E-state index >= 15 is 0 Å². The van der Waals surface area contributed by atoms with Crippen molar-refractivity contribution in [3.8, 4) is 16.3 Å². The van der Waals surface area contributed by atoms with Gasteiger partial charge in [0.05, 0.1) is 34.6 Å². The zero-order valence-electron chi connectivity index (χ0n) is 17.7. The standard InChI is InChI=1S/C20H16F3N9OS/c1-10-3-4-15(34-10)14-6-24-18-13(32-16(7-26-30-32)20(21,22)23)5-12(8-31(14)18)19(33)28-11(2)17-25-9-27-29-17/h3-9,11H,1-2H3,(H,28,33)(H,25,27,29)/t11-/m0/s1. The molecule has 34 heavy (non-hydrogen) atoms. The van der Waals surface area contributed by atoms with Gasteiger partial charge in [-0.05, 0) is 32.0 Å². The normalized spacial score (nSPS) is 12.9. The molecule has 0 aromatic carbocycles. The van der Waals surface area contributed by atoms with E-state index in [1.54, 1.807) is 17.5 Å². The lowest BCUT2D eigenvalue weighted by atomic mass is 10.2. The van der Waals surface area contributed by atoms with Crippen molar-refractivity contribution in [2.24, 2.45) is 0 Å². The van der Waals surface area contributed by atoms with Crippen molar-refractivity contribution >= 4 is 22.9 Å². The Hall–Kier alpha value is -4.07. The molecule has 14 heteroatoms. The van der Waals surface area contributed by atoms with Crippen molar-refractivity contribution < 1.29 is 18.0 Å². The molecule has 0 fully saturated rings. The van der Waals surface area contributed by atoms with E-state index < -0.39 is 23.8 Å². The lowest BCUT2D eigenvalue weighted by molar-refractivity contribution is -0.142. The molecule has 0 spiro atoms. The second-order valence-corrected chi connectivity index (χ2v) is 8.74. The molecule has 5 aromatic rings. The summed E-state index contributed by atoms with van der Waals surface area (Å²) in [6.45, 7) is 3.64. The highest BCUT2D eigenvalue weighted by molar-refractivity contribution is 7.15. The van der Waals surface area contributed by atoms with Gasteiger partial charge in [0.15, 0.2) is 11.3 Å². The molecule has 5 rings (SSSR count). The topological polar surface area (TPSA) is 119 Å². The van der Waals surface area contributed by atoms with Crippen molar-refractivity contribution in [2.45, 2.75) is 26.1 Å². The van der Waals surface area contributed by atoms with Gasteiger partial charge < -0.3 is 5.32 Å². The summed E-state index contributed by atoms with van der Waals surface area (Å²) in [5, 5.41) is 16.3. The van der Waals surface area contributed by atoms with Gasteiger partial charge in [-0.3, -0.25) is 14.3 Å². The summed E-state index contributed by atoms with van der Waals surface area (Å²) in [7, 11) is 0. The third kappa shape index (κ3) is 3.81. The summed E-state index contributed by atoms with van der Waals surface area (Å²) in [4.78, 5) is 23.4. The van der Waals surface area contributed by atoms with Crippen LogP contribution in [-0.4, -0.2) is 45.5 Å². The molecule has 1 atom stereocenters. The van der Waals surface area contributed by atoms with E-state index in [0.717, 1.165) is 9.75 Å². The summed E-state index contributed by atoms with van der Waals surface area (Å²) in [6.07, 6.45) is 0.309. The first kappa shape index (κ1) is 21.8. The van der Waals surface area contributed by atoms with Crippen LogP contribution >= 0.6 is 11.3 Å². The predicted octanol–water partition coefficient (Wildman–Crippen LogP) is 3.58. The molecular formula is C20H16F3N9OS. The maximum absolute atomic E-state index is 13.6. The van der Waals surface area contributed by atoms with Crippen LogP contribution in [0, 0.1) is 6.92 Å². The molecule has 0 radical (unpaired) electrons. The van der Waals surface area contributed by atoms with E-state index in [1.165, 1.54) is 29.9 Å². The van der Waals surface area contributed by atoms with Crippen LogP contribution in [0.3, 0.4) is 0 Å². The van der Waals surface area contributed by atoms with Crippen molar-refractivity contribution in [3.63, 3.8) is 0 Å². The Morgan fingerprint density at radius 2 is 2.06 bits per heavy atom. The number of alkyl halides is 3. The Morgan fingerprint density at radius 3 is 2.74 bits per heavy atom. The summed E-state index contributed by atoms with van der Waals surface area (Å²) in [5.74, 6) is -0.0922. The SMILES string of the molecule is Cc1ccc(-c2cnc3c(-n4nncc4C(F)(F)F)cc(C(=O)N[C@@H](C)c4ncn[nH]4)cn23)s1. The Labute approximate surface area is 193 Å². The first-order valence-electron chi connectivity index (χ1n) is 9.94. The van der Waals surface area contributed by atoms with Crippen LogP contribution in [0.4, 0.5) is 13.2 Å². The number of carbonyl (C=O) groups excluding carboxylic acids is 1. The molecule has 5 heterocycles. The molecule has 10 nitrogen and oxygen atoms in total. The van der Waals surface area contributed by atoms with E-state index in [4.69, 9.17) is 0 Å². The van der Waals surface area contributed by atoms with Crippen LogP contribution in [-0.2, 0) is 6.18 Å². The average Bonchev–Trinajstić information content (AvgIpc) is 3.58. The Kier molecular flexibility index (Phi) is 5.16. The number of nitrogens with one attached hydrogen (secondary N) is 2. The van der Waals surface area contributed by atoms with Crippen molar-refractivity contribution in [3.05, 3.63) is 65.1 Å². The van der Waals surface area contributed by atoms with Crippen molar-refractivity contribution in [2.75, 3.05) is 0 Å². The van der Waals surface area contributed by atoms with Crippen molar-refractivity contribution in [1.29, 1.82) is 0 Å². The summed E-state index contributed by atoms with van der Waals surface area (Å²) >= 11 is 1.50.